The number of nitrogens with zero attached hydrogens (tertiary/aromatic N) is 2. The smallest absolute Gasteiger partial charge is 0.317 e. The quantitative estimate of drug-likeness (QED) is 0.767. The molecule has 1 aliphatic rings. The van der Waals surface area contributed by atoms with E-state index in [1.54, 1.807) is 42.2 Å². The second-order valence-corrected chi connectivity index (χ2v) is 5.90. The zero-order valence-corrected chi connectivity index (χ0v) is 14.7. The predicted octanol–water partition coefficient (Wildman–Crippen LogP) is 0.561. The minimum Gasteiger partial charge on any atom is -0.497 e. The van der Waals surface area contributed by atoms with Gasteiger partial charge in [0.1, 0.15) is 11.5 Å². The number of hydrogen-bond donors (Lipinski definition) is 1. The summed E-state index contributed by atoms with van der Waals surface area (Å²) in [4.78, 5) is 27.0. The molecule has 1 fully saturated rings. The summed E-state index contributed by atoms with van der Waals surface area (Å²) in [7, 11) is 4.77. The Kier molecular flexibility index (Phi) is 6.60. The fourth-order valence-electron chi connectivity index (χ4n) is 2.81. The van der Waals surface area contributed by atoms with Crippen LogP contribution in [0.1, 0.15) is 10.4 Å². The third kappa shape index (κ3) is 5.07. The molecule has 1 atom stereocenters. The second-order valence-electron chi connectivity index (χ2n) is 5.90. The number of carboxylic acids is 1. The first kappa shape index (κ1) is 19.0. The van der Waals surface area contributed by atoms with Gasteiger partial charge in [-0.1, -0.05) is 0 Å². The van der Waals surface area contributed by atoms with Gasteiger partial charge in [-0.2, -0.15) is 0 Å². The molecule has 0 aliphatic carbocycles. The van der Waals surface area contributed by atoms with Gasteiger partial charge in [0.05, 0.1) is 39.0 Å². The number of benzene rings is 1. The summed E-state index contributed by atoms with van der Waals surface area (Å²) < 4.78 is 16.1. The normalized spacial score (nSPS) is 17.4. The molecule has 8 heteroatoms. The number of ether oxygens (including phenoxy) is 3. The van der Waals surface area contributed by atoms with E-state index < -0.39 is 5.97 Å². The highest BCUT2D eigenvalue weighted by atomic mass is 16.5. The van der Waals surface area contributed by atoms with Gasteiger partial charge in [0.25, 0.3) is 5.91 Å². The maximum absolute atomic E-state index is 12.9. The second kappa shape index (κ2) is 8.68. The number of aliphatic carboxylic acids is 1. The van der Waals surface area contributed by atoms with Crippen molar-refractivity contribution < 1.29 is 28.9 Å². The van der Waals surface area contributed by atoms with Gasteiger partial charge in [0.15, 0.2) is 0 Å². The zero-order chi connectivity index (χ0) is 18.4. The predicted molar refractivity (Wildman–Crippen MR) is 90.3 cm³/mol. The van der Waals surface area contributed by atoms with Crippen molar-refractivity contribution in [1.29, 1.82) is 0 Å². The van der Waals surface area contributed by atoms with E-state index in [-0.39, 0.29) is 18.6 Å². The Morgan fingerprint density at radius 3 is 2.76 bits per heavy atom. The molecule has 2 rings (SSSR count). The summed E-state index contributed by atoms with van der Waals surface area (Å²) in [6, 6.07) is 5.09. The number of hydrogen-bond acceptors (Lipinski definition) is 6. The molecule has 0 saturated carbocycles. The lowest BCUT2D eigenvalue weighted by molar-refractivity contribution is -0.138. The molecule has 0 bridgehead atoms. The number of carboxylic acid groups (broad SMARTS) is 1. The van der Waals surface area contributed by atoms with Gasteiger partial charge in [-0.15, -0.1) is 0 Å². The highest BCUT2D eigenvalue weighted by Gasteiger charge is 2.28. The number of carbonyl (C=O) groups excluding carboxylic acids is 1. The SMILES string of the molecule is COc1ccc(OC)c(C(=O)N2CCOC(CN(C)CC(=O)O)C2)c1. The Morgan fingerprint density at radius 1 is 1.36 bits per heavy atom. The van der Waals surface area contributed by atoms with Crippen molar-refractivity contribution in [1.82, 2.24) is 9.80 Å². The number of morpholine rings is 1. The molecule has 8 nitrogen and oxygen atoms in total. The van der Waals surface area contributed by atoms with Gasteiger partial charge < -0.3 is 24.2 Å². The van der Waals surface area contributed by atoms with Crippen molar-refractivity contribution in [3.05, 3.63) is 23.8 Å². The van der Waals surface area contributed by atoms with Crippen molar-refractivity contribution in [2.24, 2.45) is 0 Å². The fourth-order valence-corrected chi connectivity index (χ4v) is 2.81. The van der Waals surface area contributed by atoms with E-state index in [1.165, 1.54) is 7.11 Å². The van der Waals surface area contributed by atoms with Crippen LogP contribution < -0.4 is 9.47 Å². The molecular formula is C17H24N2O6. The fraction of sp³-hybridized carbons (Fsp3) is 0.529. The summed E-state index contributed by atoms with van der Waals surface area (Å²) in [5.74, 6) is 0.00397. The summed E-state index contributed by atoms with van der Waals surface area (Å²) >= 11 is 0. The van der Waals surface area contributed by atoms with Crippen molar-refractivity contribution in [2.45, 2.75) is 6.10 Å². The summed E-state index contributed by atoms with van der Waals surface area (Å²) in [5.41, 5.74) is 0.432. The van der Waals surface area contributed by atoms with Crippen LogP contribution >= 0.6 is 0 Å². The van der Waals surface area contributed by atoms with Crippen molar-refractivity contribution in [3.63, 3.8) is 0 Å². The first-order chi connectivity index (χ1) is 11.9. The number of rotatable bonds is 7. The molecule has 0 radical (unpaired) electrons. The Bertz CT molecular complexity index is 621. The molecule has 25 heavy (non-hydrogen) atoms. The van der Waals surface area contributed by atoms with Crippen LogP contribution in [-0.2, 0) is 9.53 Å². The molecule has 0 aromatic heterocycles. The van der Waals surface area contributed by atoms with E-state index in [4.69, 9.17) is 19.3 Å². The van der Waals surface area contributed by atoms with Crippen molar-refractivity contribution in [2.75, 3.05) is 54.1 Å². The zero-order valence-electron chi connectivity index (χ0n) is 14.7. The summed E-state index contributed by atoms with van der Waals surface area (Å²) in [5, 5.41) is 8.84. The number of carbonyl (C=O) groups is 2. The van der Waals surface area contributed by atoms with Crippen LogP contribution in [0.5, 0.6) is 11.5 Å². The van der Waals surface area contributed by atoms with E-state index >= 15 is 0 Å². The van der Waals surface area contributed by atoms with Crippen LogP contribution in [0.3, 0.4) is 0 Å². The number of amides is 1. The van der Waals surface area contributed by atoms with Gasteiger partial charge >= 0.3 is 5.97 Å². The molecule has 1 aromatic rings. The topological polar surface area (TPSA) is 88.5 Å². The Labute approximate surface area is 146 Å². The monoisotopic (exact) mass is 352 g/mol. The summed E-state index contributed by atoms with van der Waals surface area (Å²) in [6.45, 7) is 1.63. The van der Waals surface area contributed by atoms with Gasteiger partial charge in [0, 0.05) is 19.6 Å². The highest BCUT2D eigenvalue weighted by molar-refractivity contribution is 5.97. The van der Waals surface area contributed by atoms with E-state index in [2.05, 4.69) is 0 Å². The highest BCUT2D eigenvalue weighted by Crippen LogP contribution is 2.26. The van der Waals surface area contributed by atoms with E-state index in [0.29, 0.717) is 43.3 Å². The lowest BCUT2D eigenvalue weighted by atomic mass is 10.1. The molecule has 138 valence electrons. The van der Waals surface area contributed by atoms with Crippen LogP contribution in [0.2, 0.25) is 0 Å². The minimum absolute atomic E-state index is 0.0719. The van der Waals surface area contributed by atoms with Crippen molar-refractivity contribution >= 4 is 11.9 Å². The van der Waals surface area contributed by atoms with E-state index in [1.807, 2.05) is 0 Å². The van der Waals surface area contributed by atoms with Gasteiger partial charge in [-0.05, 0) is 25.2 Å². The average molecular weight is 352 g/mol. The molecule has 1 saturated heterocycles. The largest absolute Gasteiger partial charge is 0.497 e. The Morgan fingerprint density at radius 2 is 2.12 bits per heavy atom. The number of likely N-dealkylation sites (N-methyl/N-ethyl adjacent to an activating group) is 1. The summed E-state index contributed by atoms with van der Waals surface area (Å²) in [6.07, 6.45) is -0.237. The van der Waals surface area contributed by atoms with Crippen LogP contribution in [-0.4, -0.2) is 86.9 Å². The molecule has 1 aliphatic heterocycles. The molecule has 1 heterocycles. The van der Waals surface area contributed by atoms with Crippen molar-refractivity contribution in [3.8, 4) is 11.5 Å². The number of methoxy groups -OCH3 is 2. The van der Waals surface area contributed by atoms with Crippen LogP contribution in [0.4, 0.5) is 0 Å². The van der Waals surface area contributed by atoms with E-state index in [0.717, 1.165) is 0 Å². The van der Waals surface area contributed by atoms with Crippen LogP contribution in [0.15, 0.2) is 18.2 Å². The third-order valence-corrected chi connectivity index (χ3v) is 3.98. The minimum atomic E-state index is -0.896. The van der Waals surface area contributed by atoms with E-state index in [9.17, 15) is 9.59 Å². The molecule has 1 aromatic carbocycles. The van der Waals surface area contributed by atoms with Gasteiger partial charge in [0.2, 0.25) is 0 Å². The van der Waals surface area contributed by atoms with Gasteiger partial charge in [-0.25, -0.2) is 0 Å². The molecule has 0 spiro atoms. The lowest BCUT2D eigenvalue weighted by Crippen LogP contribution is -2.49. The average Bonchev–Trinajstić information content (AvgIpc) is 2.60. The molecule has 1 unspecified atom stereocenters. The van der Waals surface area contributed by atoms with Crippen LogP contribution in [0.25, 0.3) is 0 Å². The first-order valence-electron chi connectivity index (χ1n) is 7.97. The first-order valence-corrected chi connectivity index (χ1v) is 7.97. The molecular weight excluding hydrogens is 328 g/mol. The molecule has 1 N–H and O–H groups in total. The van der Waals surface area contributed by atoms with Gasteiger partial charge in [-0.3, -0.25) is 14.5 Å². The standard InChI is InChI=1S/C17H24N2O6/c1-18(11-16(20)21)9-13-10-19(6-7-25-13)17(22)14-8-12(23-2)4-5-15(14)24-3/h4-5,8,13H,6-7,9-11H2,1-3H3,(H,20,21). The lowest BCUT2D eigenvalue weighted by Gasteiger charge is -2.34. The van der Waals surface area contributed by atoms with Crippen LogP contribution in [0, 0.1) is 0 Å². The molecule has 1 amide bonds. The third-order valence-electron chi connectivity index (χ3n) is 3.98. The maximum Gasteiger partial charge on any atom is 0.317 e. The Hall–Kier alpha value is -2.32. The maximum atomic E-state index is 12.9. The Balaban J connectivity index is 2.07.